The zero-order valence-electron chi connectivity index (χ0n) is 22.5. The third kappa shape index (κ3) is 8.77. The van der Waals surface area contributed by atoms with Gasteiger partial charge in [-0.2, -0.15) is 0 Å². The van der Waals surface area contributed by atoms with Crippen LogP contribution in [-0.2, 0) is 22.7 Å². The summed E-state index contributed by atoms with van der Waals surface area (Å²) in [5.74, 6) is 19.7. The van der Waals surface area contributed by atoms with Crippen LogP contribution in [0.15, 0.2) is 122 Å². The predicted octanol–water partition coefficient (Wildman–Crippen LogP) is 7.29. The van der Waals surface area contributed by atoms with Gasteiger partial charge in [-0.15, -0.1) is 13.2 Å². The second kappa shape index (κ2) is 15.4. The van der Waals surface area contributed by atoms with Crippen LogP contribution >= 0.6 is 0 Å². The Morgan fingerprint density at radius 2 is 0.775 bits per heavy atom. The molecule has 0 saturated heterocycles. The number of rotatable bonds is 8. The summed E-state index contributed by atoms with van der Waals surface area (Å²) in [6.07, 6.45) is 3.49. The number of ether oxygens (including phenoxy) is 2. The molecule has 0 saturated carbocycles. The average molecular weight is 519 g/mol. The lowest BCUT2D eigenvalue weighted by molar-refractivity contribution is 0.149. The lowest BCUT2D eigenvalue weighted by Gasteiger charge is -2.01. The molecule has 2 heteroatoms. The molecule has 194 valence electrons. The normalized spacial score (nSPS) is 9.70. The van der Waals surface area contributed by atoms with E-state index in [1.807, 2.05) is 97.1 Å². The van der Waals surface area contributed by atoms with Crippen LogP contribution in [0.4, 0.5) is 0 Å². The van der Waals surface area contributed by atoms with Crippen LogP contribution in [0.3, 0.4) is 0 Å². The van der Waals surface area contributed by atoms with Gasteiger partial charge in [0.2, 0.25) is 0 Å². The molecule has 0 bridgehead atoms. The van der Waals surface area contributed by atoms with Crippen LogP contribution in [0.5, 0.6) is 0 Å². The van der Waals surface area contributed by atoms with E-state index in [-0.39, 0.29) is 0 Å². The summed E-state index contributed by atoms with van der Waals surface area (Å²) < 4.78 is 11.0. The maximum absolute atomic E-state index is 5.50. The highest BCUT2D eigenvalue weighted by Gasteiger charge is 1.99. The second-order valence-corrected chi connectivity index (χ2v) is 8.84. The van der Waals surface area contributed by atoms with Gasteiger partial charge in [-0.3, -0.25) is 0 Å². The minimum Gasteiger partial charge on any atom is -0.373 e. The molecule has 0 aliphatic carbocycles. The fourth-order valence-corrected chi connectivity index (χ4v) is 3.70. The van der Waals surface area contributed by atoms with Crippen LogP contribution in [0, 0.1) is 35.5 Å². The summed E-state index contributed by atoms with van der Waals surface area (Å²) in [7, 11) is 0. The van der Waals surface area contributed by atoms with Gasteiger partial charge in [0.25, 0.3) is 0 Å². The molecule has 0 fully saturated rings. The Hall–Kier alpha value is -5.04. The first kappa shape index (κ1) is 28.0. The first-order valence-corrected chi connectivity index (χ1v) is 13.0. The molecule has 40 heavy (non-hydrogen) atoms. The first-order chi connectivity index (χ1) is 19.7. The van der Waals surface area contributed by atoms with Crippen molar-refractivity contribution < 1.29 is 9.47 Å². The quantitative estimate of drug-likeness (QED) is 0.139. The Labute approximate surface area is 238 Å². The lowest BCUT2D eigenvalue weighted by Crippen LogP contribution is -1.92. The number of hydrogen-bond acceptors (Lipinski definition) is 2. The van der Waals surface area contributed by atoms with Crippen molar-refractivity contribution in [3.05, 3.63) is 167 Å². The smallest absolute Gasteiger partial charge is 0.0721 e. The van der Waals surface area contributed by atoms with Crippen molar-refractivity contribution in [2.75, 3.05) is 13.2 Å². The van der Waals surface area contributed by atoms with Crippen molar-refractivity contribution in [2.24, 2.45) is 0 Å². The molecule has 4 rings (SSSR count). The minimum absolute atomic E-state index is 0.539. The highest BCUT2D eigenvalue weighted by molar-refractivity contribution is 5.58. The van der Waals surface area contributed by atoms with Crippen LogP contribution in [0.2, 0.25) is 0 Å². The van der Waals surface area contributed by atoms with Gasteiger partial charge in [-0.1, -0.05) is 96.2 Å². The summed E-state index contributed by atoms with van der Waals surface area (Å²) in [5.41, 5.74) is 7.60. The zero-order valence-corrected chi connectivity index (χ0v) is 22.5. The van der Waals surface area contributed by atoms with Gasteiger partial charge in [0.05, 0.1) is 26.4 Å². The van der Waals surface area contributed by atoms with Crippen molar-refractivity contribution in [3.8, 4) is 35.5 Å². The maximum atomic E-state index is 5.50. The molecule has 0 atom stereocenters. The Kier molecular flexibility index (Phi) is 10.8. The molecule has 0 amide bonds. The molecule has 0 unspecified atom stereocenters. The van der Waals surface area contributed by atoms with Gasteiger partial charge in [-0.05, 0) is 59.7 Å². The monoisotopic (exact) mass is 518 g/mol. The molecule has 4 aromatic carbocycles. The molecular weight excluding hydrogens is 488 g/mol. The van der Waals surface area contributed by atoms with E-state index >= 15 is 0 Å². The molecule has 2 nitrogen and oxygen atoms in total. The van der Waals surface area contributed by atoms with E-state index < -0.39 is 0 Å². The topological polar surface area (TPSA) is 18.5 Å². The SMILES string of the molecule is C=CCOCc1ccc(C#Cc2ccccc2C#Cc2ccccc2C#Cc2ccc(COCC=C)cc2)cc1. The lowest BCUT2D eigenvalue weighted by atomic mass is 10.0. The Balaban J connectivity index is 1.49. The van der Waals surface area contributed by atoms with Gasteiger partial charge in [0.1, 0.15) is 0 Å². The largest absolute Gasteiger partial charge is 0.373 e. The van der Waals surface area contributed by atoms with Crippen LogP contribution in [0.1, 0.15) is 44.5 Å². The first-order valence-electron chi connectivity index (χ1n) is 13.0. The molecule has 0 heterocycles. The van der Waals surface area contributed by atoms with E-state index in [2.05, 4.69) is 48.7 Å². The van der Waals surface area contributed by atoms with Gasteiger partial charge >= 0.3 is 0 Å². The van der Waals surface area contributed by atoms with Crippen molar-refractivity contribution in [3.63, 3.8) is 0 Å². The van der Waals surface area contributed by atoms with Gasteiger partial charge < -0.3 is 9.47 Å². The second-order valence-electron chi connectivity index (χ2n) is 8.84. The van der Waals surface area contributed by atoms with Crippen LogP contribution in [0.25, 0.3) is 0 Å². The molecular formula is C38H30O2. The Morgan fingerprint density at radius 3 is 1.10 bits per heavy atom. The number of hydrogen-bond donors (Lipinski definition) is 0. The summed E-state index contributed by atoms with van der Waals surface area (Å²) in [5, 5.41) is 0. The van der Waals surface area contributed by atoms with E-state index in [1.165, 1.54) is 0 Å². The summed E-state index contributed by atoms with van der Waals surface area (Å²) in [6.45, 7) is 9.53. The fraction of sp³-hybridized carbons (Fsp3) is 0.105. The Bertz CT molecular complexity index is 1500. The van der Waals surface area contributed by atoms with E-state index in [0.717, 1.165) is 44.5 Å². The molecule has 0 N–H and O–H groups in total. The van der Waals surface area contributed by atoms with E-state index in [0.29, 0.717) is 26.4 Å². The standard InChI is InChI=1S/C38H30O2/c1-3-27-39-29-33-17-13-31(14-18-33)21-23-35-9-5-7-11-37(35)25-26-38-12-8-6-10-36(38)24-22-32-15-19-34(20-16-32)30-40-28-4-2/h3-20H,1-2,27-30H2. The van der Waals surface area contributed by atoms with Gasteiger partial charge in [0, 0.05) is 33.4 Å². The molecule has 0 aromatic heterocycles. The van der Waals surface area contributed by atoms with Crippen LogP contribution in [-0.4, -0.2) is 13.2 Å². The van der Waals surface area contributed by atoms with Crippen molar-refractivity contribution in [2.45, 2.75) is 13.2 Å². The zero-order chi connectivity index (χ0) is 27.8. The Morgan fingerprint density at radius 1 is 0.450 bits per heavy atom. The predicted molar refractivity (Wildman–Crippen MR) is 163 cm³/mol. The van der Waals surface area contributed by atoms with E-state index in [4.69, 9.17) is 9.47 Å². The van der Waals surface area contributed by atoms with Crippen LogP contribution < -0.4 is 0 Å². The fourth-order valence-electron chi connectivity index (χ4n) is 3.70. The highest BCUT2D eigenvalue weighted by atomic mass is 16.5. The minimum atomic E-state index is 0.539. The highest BCUT2D eigenvalue weighted by Crippen LogP contribution is 2.11. The molecule has 0 spiro atoms. The molecule has 0 aliphatic rings. The third-order valence-corrected chi connectivity index (χ3v) is 5.79. The average Bonchev–Trinajstić information content (AvgIpc) is 3.00. The van der Waals surface area contributed by atoms with Crippen molar-refractivity contribution in [1.29, 1.82) is 0 Å². The molecule has 0 aliphatic heterocycles. The van der Waals surface area contributed by atoms with Crippen molar-refractivity contribution in [1.82, 2.24) is 0 Å². The summed E-state index contributed by atoms with van der Waals surface area (Å²) in [6, 6.07) is 32.0. The summed E-state index contributed by atoms with van der Waals surface area (Å²) >= 11 is 0. The van der Waals surface area contributed by atoms with Crippen molar-refractivity contribution >= 4 is 0 Å². The van der Waals surface area contributed by atoms with Gasteiger partial charge in [-0.25, -0.2) is 0 Å². The molecule has 4 aromatic rings. The molecule has 0 radical (unpaired) electrons. The maximum Gasteiger partial charge on any atom is 0.0721 e. The van der Waals surface area contributed by atoms with Gasteiger partial charge in [0.15, 0.2) is 0 Å². The summed E-state index contributed by atoms with van der Waals surface area (Å²) in [4.78, 5) is 0. The van der Waals surface area contributed by atoms with E-state index in [1.54, 1.807) is 12.2 Å². The third-order valence-electron chi connectivity index (χ3n) is 5.79. The number of benzene rings is 4. The van der Waals surface area contributed by atoms with E-state index in [9.17, 15) is 0 Å².